The molecule has 1 aromatic heterocycles. The van der Waals surface area contributed by atoms with Crippen LogP contribution in [0.25, 0.3) is 0 Å². The Balaban J connectivity index is 1.87. The van der Waals surface area contributed by atoms with Crippen LogP contribution in [0.1, 0.15) is 11.3 Å². The van der Waals surface area contributed by atoms with Crippen LogP contribution in [0.5, 0.6) is 0 Å². The van der Waals surface area contributed by atoms with Crippen LogP contribution in [0.4, 0.5) is 5.82 Å². The molecule has 104 valence electrons. The number of ether oxygens (including phenoxy) is 1. The fourth-order valence-corrected chi connectivity index (χ4v) is 2.78. The number of anilines is 1. The van der Waals surface area contributed by atoms with Gasteiger partial charge in [-0.25, -0.2) is 9.97 Å². The van der Waals surface area contributed by atoms with Crippen LogP contribution < -0.4 is 16.0 Å². The number of hydrogen-bond acceptors (Lipinski definition) is 6. The predicted molar refractivity (Wildman–Crippen MR) is 73.3 cm³/mol. The zero-order valence-electron chi connectivity index (χ0n) is 11.1. The summed E-state index contributed by atoms with van der Waals surface area (Å²) in [6, 6.07) is 0. The van der Waals surface area contributed by atoms with Crippen molar-refractivity contribution in [2.45, 2.75) is 18.9 Å². The van der Waals surface area contributed by atoms with E-state index in [4.69, 9.17) is 10.5 Å². The van der Waals surface area contributed by atoms with E-state index in [2.05, 4.69) is 20.2 Å². The van der Waals surface area contributed by atoms with Crippen LogP contribution in [0, 0.1) is 0 Å². The summed E-state index contributed by atoms with van der Waals surface area (Å²) in [7, 11) is 0. The molecule has 3 N–H and O–H groups in total. The van der Waals surface area contributed by atoms with E-state index >= 15 is 0 Å². The van der Waals surface area contributed by atoms with Gasteiger partial charge in [0.05, 0.1) is 18.4 Å². The van der Waals surface area contributed by atoms with Gasteiger partial charge in [-0.05, 0) is 13.0 Å². The van der Waals surface area contributed by atoms with Crippen molar-refractivity contribution in [2.24, 2.45) is 5.73 Å². The van der Waals surface area contributed by atoms with Gasteiger partial charge in [0.25, 0.3) is 0 Å². The Morgan fingerprint density at radius 1 is 1.37 bits per heavy atom. The number of fused-ring (bicyclic) bond motifs is 1. The van der Waals surface area contributed by atoms with Gasteiger partial charge in [-0.1, -0.05) is 0 Å². The molecule has 1 saturated heterocycles. The lowest BCUT2D eigenvalue weighted by molar-refractivity contribution is 0.0462. The molecule has 1 atom stereocenters. The number of nitrogens with one attached hydrogen (secondary N) is 1. The molecule has 1 unspecified atom stereocenters. The number of morpholine rings is 1. The van der Waals surface area contributed by atoms with Crippen LogP contribution in [-0.2, 0) is 17.6 Å². The normalized spacial score (nSPS) is 23.8. The van der Waals surface area contributed by atoms with E-state index in [1.165, 1.54) is 11.3 Å². The topological polar surface area (TPSA) is 76.3 Å². The molecule has 0 bridgehead atoms. The van der Waals surface area contributed by atoms with E-state index < -0.39 is 0 Å². The number of rotatable bonds is 2. The van der Waals surface area contributed by atoms with Crippen molar-refractivity contribution in [1.29, 1.82) is 0 Å². The molecular formula is C13H21N5O. The van der Waals surface area contributed by atoms with Gasteiger partial charge in [0.1, 0.15) is 12.1 Å². The zero-order chi connectivity index (χ0) is 13.1. The van der Waals surface area contributed by atoms with Crippen molar-refractivity contribution in [3.8, 4) is 0 Å². The van der Waals surface area contributed by atoms with Gasteiger partial charge < -0.3 is 20.7 Å². The molecule has 1 fully saturated rings. The second-order valence-electron chi connectivity index (χ2n) is 5.05. The Morgan fingerprint density at radius 2 is 2.26 bits per heavy atom. The van der Waals surface area contributed by atoms with Crippen molar-refractivity contribution in [2.75, 3.05) is 44.2 Å². The summed E-state index contributed by atoms with van der Waals surface area (Å²) in [5.74, 6) is 1.08. The predicted octanol–water partition coefficient (Wildman–Crippen LogP) is -0.671. The Labute approximate surface area is 113 Å². The highest BCUT2D eigenvalue weighted by Crippen LogP contribution is 2.23. The molecule has 19 heavy (non-hydrogen) atoms. The maximum absolute atomic E-state index is 5.71. The third kappa shape index (κ3) is 2.70. The molecule has 6 nitrogen and oxygen atoms in total. The first-order chi connectivity index (χ1) is 9.38. The summed E-state index contributed by atoms with van der Waals surface area (Å²) in [5, 5.41) is 3.41. The van der Waals surface area contributed by atoms with Crippen LogP contribution in [0.15, 0.2) is 6.33 Å². The molecule has 0 radical (unpaired) electrons. The lowest BCUT2D eigenvalue weighted by atomic mass is 10.1. The molecule has 2 aliphatic heterocycles. The van der Waals surface area contributed by atoms with Crippen molar-refractivity contribution in [3.63, 3.8) is 0 Å². The van der Waals surface area contributed by atoms with Gasteiger partial charge in [-0.2, -0.15) is 0 Å². The highest BCUT2D eigenvalue weighted by atomic mass is 16.5. The molecule has 0 aromatic carbocycles. The van der Waals surface area contributed by atoms with E-state index in [1.54, 1.807) is 6.33 Å². The molecule has 3 heterocycles. The van der Waals surface area contributed by atoms with E-state index in [1.807, 2.05) is 0 Å². The van der Waals surface area contributed by atoms with Crippen LogP contribution in [-0.4, -0.2) is 55.4 Å². The second kappa shape index (κ2) is 5.81. The maximum atomic E-state index is 5.71. The monoisotopic (exact) mass is 263 g/mol. The molecule has 6 heteroatoms. The summed E-state index contributed by atoms with van der Waals surface area (Å²) in [4.78, 5) is 11.3. The van der Waals surface area contributed by atoms with Gasteiger partial charge in [0, 0.05) is 38.2 Å². The fourth-order valence-electron chi connectivity index (χ4n) is 2.78. The lowest BCUT2D eigenvalue weighted by Crippen LogP contribution is -2.46. The minimum absolute atomic E-state index is 0.114. The number of aromatic nitrogens is 2. The smallest absolute Gasteiger partial charge is 0.135 e. The first-order valence-electron chi connectivity index (χ1n) is 6.98. The maximum Gasteiger partial charge on any atom is 0.135 e. The quantitative estimate of drug-likeness (QED) is 0.737. The minimum atomic E-state index is 0.114. The summed E-state index contributed by atoms with van der Waals surface area (Å²) in [6.45, 7) is 4.99. The van der Waals surface area contributed by atoms with E-state index in [9.17, 15) is 0 Å². The molecule has 0 spiro atoms. The number of nitrogens with two attached hydrogens (primary N) is 1. The van der Waals surface area contributed by atoms with Crippen LogP contribution in [0.3, 0.4) is 0 Å². The van der Waals surface area contributed by atoms with Gasteiger partial charge in [-0.3, -0.25) is 0 Å². The molecule has 0 saturated carbocycles. The molecule has 3 rings (SSSR count). The fraction of sp³-hybridized carbons (Fsp3) is 0.692. The summed E-state index contributed by atoms with van der Waals surface area (Å²) in [6.07, 6.45) is 3.78. The van der Waals surface area contributed by atoms with Gasteiger partial charge in [0.15, 0.2) is 0 Å². The molecule has 0 amide bonds. The highest BCUT2D eigenvalue weighted by molar-refractivity contribution is 5.49. The SMILES string of the molecule is NCC1CN(c2ncnc3c2CCNCC3)CCO1. The van der Waals surface area contributed by atoms with E-state index in [0.717, 1.165) is 51.4 Å². The summed E-state index contributed by atoms with van der Waals surface area (Å²) < 4.78 is 5.63. The van der Waals surface area contributed by atoms with Crippen molar-refractivity contribution in [3.05, 3.63) is 17.6 Å². The molecule has 1 aromatic rings. The minimum Gasteiger partial charge on any atom is -0.373 e. The number of nitrogens with zero attached hydrogens (tertiary/aromatic N) is 3. The van der Waals surface area contributed by atoms with E-state index in [-0.39, 0.29) is 6.10 Å². The largest absolute Gasteiger partial charge is 0.373 e. The Kier molecular flexibility index (Phi) is 3.91. The van der Waals surface area contributed by atoms with Gasteiger partial charge in [0.2, 0.25) is 0 Å². The second-order valence-corrected chi connectivity index (χ2v) is 5.05. The summed E-state index contributed by atoms with van der Waals surface area (Å²) in [5.41, 5.74) is 8.19. The van der Waals surface area contributed by atoms with Crippen LogP contribution >= 0.6 is 0 Å². The van der Waals surface area contributed by atoms with Crippen molar-refractivity contribution >= 4 is 5.82 Å². The standard InChI is InChI=1S/C13H21N5O/c14-7-10-8-18(5-6-19-10)13-11-1-3-15-4-2-12(11)16-9-17-13/h9-10,15H,1-8,14H2. The Hall–Kier alpha value is -1.24. The molecule has 2 aliphatic rings. The van der Waals surface area contributed by atoms with Crippen molar-refractivity contribution in [1.82, 2.24) is 15.3 Å². The third-order valence-corrected chi connectivity index (χ3v) is 3.80. The van der Waals surface area contributed by atoms with E-state index in [0.29, 0.717) is 6.54 Å². The zero-order valence-corrected chi connectivity index (χ0v) is 11.1. The highest BCUT2D eigenvalue weighted by Gasteiger charge is 2.24. The van der Waals surface area contributed by atoms with Crippen molar-refractivity contribution < 1.29 is 4.74 Å². The molecular weight excluding hydrogens is 242 g/mol. The third-order valence-electron chi connectivity index (χ3n) is 3.80. The van der Waals surface area contributed by atoms with Crippen LogP contribution in [0.2, 0.25) is 0 Å². The van der Waals surface area contributed by atoms with Gasteiger partial charge >= 0.3 is 0 Å². The summed E-state index contributed by atoms with van der Waals surface area (Å²) >= 11 is 0. The molecule has 0 aliphatic carbocycles. The lowest BCUT2D eigenvalue weighted by Gasteiger charge is -2.34. The number of hydrogen-bond donors (Lipinski definition) is 2. The Bertz CT molecular complexity index is 439. The average molecular weight is 263 g/mol. The average Bonchev–Trinajstić information content (AvgIpc) is 2.72. The first kappa shape index (κ1) is 12.8. The Morgan fingerprint density at radius 3 is 3.16 bits per heavy atom. The first-order valence-corrected chi connectivity index (χ1v) is 6.98. The van der Waals surface area contributed by atoms with Gasteiger partial charge in [-0.15, -0.1) is 0 Å².